The summed E-state index contributed by atoms with van der Waals surface area (Å²) in [5, 5.41) is 5.32. The van der Waals surface area contributed by atoms with Gasteiger partial charge in [0.1, 0.15) is 11.4 Å². The van der Waals surface area contributed by atoms with E-state index in [2.05, 4.69) is 10.6 Å². The van der Waals surface area contributed by atoms with Crippen LogP contribution in [-0.4, -0.2) is 47.6 Å². The highest BCUT2D eigenvalue weighted by Gasteiger charge is 2.58. The first kappa shape index (κ1) is 22.0. The van der Waals surface area contributed by atoms with Crippen molar-refractivity contribution in [1.82, 2.24) is 4.90 Å². The Labute approximate surface area is 190 Å². The molecule has 0 aromatic heterocycles. The van der Waals surface area contributed by atoms with Gasteiger partial charge in [-0.25, -0.2) is 0 Å². The normalized spacial score (nSPS) is 20.4. The first-order valence-electron chi connectivity index (χ1n) is 10.1. The number of hydrogen-bond acceptors (Lipinski definition) is 6. The zero-order valence-electron chi connectivity index (χ0n) is 18.5. The van der Waals surface area contributed by atoms with E-state index in [1.807, 2.05) is 19.9 Å². The third kappa shape index (κ3) is 3.56. The zero-order chi connectivity index (χ0) is 23.2. The second-order valence-electron chi connectivity index (χ2n) is 8.20. The summed E-state index contributed by atoms with van der Waals surface area (Å²) in [5.74, 6) is 0.168. The van der Waals surface area contributed by atoms with Crippen molar-refractivity contribution in [1.29, 1.82) is 0 Å². The third-order valence-corrected chi connectivity index (χ3v) is 7.15. The van der Waals surface area contributed by atoms with E-state index < -0.39 is 10.8 Å². The molecule has 2 aromatic carbocycles. The molecule has 3 amide bonds. The number of carbonyl (C=O) groups excluding carboxylic acids is 3. The molecule has 1 fully saturated rings. The molecular formula is C23H25N3O5S. The summed E-state index contributed by atoms with van der Waals surface area (Å²) in [6.45, 7) is 5.36. The summed E-state index contributed by atoms with van der Waals surface area (Å²) < 4.78 is 10.3. The molecule has 2 atom stereocenters. The second-order valence-corrected chi connectivity index (χ2v) is 9.94. The lowest BCUT2D eigenvalue weighted by Crippen LogP contribution is -2.50. The summed E-state index contributed by atoms with van der Waals surface area (Å²) >= 11 is 1.57. The first-order valence-corrected chi connectivity index (χ1v) is 11.0. The zero-order valence-corrected chi connectivity index (χ0v) is 19.3. The summed E-state index contributed by atoms with van der Waals surface area (Å²) in [4.78, 5) is 39.7. The molecule has 2 N–H and O–H groups in total. The van der Waals surface area contributed by atoms with Crippen LogP contribution in [0.15, 0.2) is 36.4 Å². The fourth-order valence-corrected chi connectivity index (χ4v) is 5.89. The number of benzene rings is 2. The van der Waals surface area contributed by atoms with Crippen LogP contribution in [0.25, 0.3) is 0 Å². The van der Waals surface area contributed by atoms with Gasteiger partial charge in [-0.15, -0.1) is 11.8 Å². The highest BCUT2D eigenvalue weighted by molar-refractivity contribution is 8.01. The minimum atomic E-state index is -0.692. The van der Waals surface area contributed by atoms with Gasteiger partial charge in [0.2, 0.25) is 11.8 Å². The lowest BCUT2D eigenvalue weighted by atomic mass is 10.0. The number of hydrogen-bond donors (Lipinski definition) is 2. The van der Waals surface area contributed by atoms with Crippen LogP contribution >= 0.6 is 11.8 Å². The second kappa shape index (κ2) is 8.05. The molecule has 8 nitrogen and oxygen atoms in total. The monoisotopic (exact) mass is 455 g/mol. The molecule has 0 aliphatic carbocycles. The Balaban J connectivity index is 1.63. The van der Waals surface area contributed by atoms with Gasteiger partial charge in [0.05, 0.1) is 19.8 Å². The lowest BCUT2D eigenvalue weighted by molar-refractivity contribution is -0.121. The Bertz CT molecular complexity index is 1100. The lowest BCUT2D eigenvalue weighted by Gasteiger charge is -2.29. The molecule has 32 heavy (non-hydrogen) atoms. The maximum atomic E-state index is 13.5. The van der Waals surface area contributed by atoms with Gasteiger partial charge in [0.15, 0.2) is 11.5 Å². The van der Waals surface area contributed by atoms with E-state index in [4.69, 9.17) is 9.47 Å². The summed E-state index contributed by atoms with van der Waals surface area (Å²) in [7, 11) is 3.02. The molecule has 2 heterocycles. The molecule has 2 aliphatic heterocycles. The SMILES string of the molecule is COc1ccc2c(c1OC)C(=O)N1C2SC(C)(C)[C@@H]1C(=O)Nc1ccc(NC(C)=O)cc1. The molecule has 2 aromatic rings. The molecular weight excluding hydrogens is 430 g/mol. The van der Waals surface area contributed by atoms with Crippen LogP contribution < -0.4 is 20.1 Å². The van der Waals surface area contributed by atoms with Crippen LogP contribution in [0.1, 0.15) is 42.1 Å². The topological polar surface area (TPSA) is 97.0 Å². The summed E-state index contributed by atoms with van der Waals surface area (Å²) in [5.41, 5.74) is 2.48. The fraction of sp³-hybridized carbons (Fsp3) is 0.348. The molecule has 0 radical (unpaired) electrons. The number of anilines is 2. The minimum absolute atomic E-state index is 0.170. The molecule has 4 rings (SSSR count). The number of methoxy groups -OCH3 is 2. The Morgan fingerprint density at radius 2 is 1.62 bits per heavy atom. The van der Waals surface area contributed by atoms with Crippen molar-refractivity contribution < 1.29 is 23.9 Å². The third-order valence-electron chi connectivity index (χ3n) is 5.62. The number of ether oxygens (including phenoxy) is 2. The van der Waals surface area contributed by atoms with E-state index in [1.54, 1.807) is 47.0 Å². The average Bonchev–Trinajstić information content (AvgIpc) is 3.17. The molecule has 1 saturated heterocycles. The van der Waals surface area contributed by atoms with Gasteiger partial charge >= 0.3 is 0 Å². The number of nitrogens with one attached hydrogen (secondary N) is 2. The molecule has 1 unspecified atom stereocenters. The number of thioether (sulfide) groups is 1. The highest BCUT2D eigenvalue weighted by Crippen LogP contribution is 2.58. The Morgan fingerprint density at radius 3 is 2.19 bits per heavy atom. The van der Waals surface area contributed by atoms with Gasteiger partial charge < -0.3 is 25.0 Å². The Kier molecular flexibility index (Phi) is 5.54. The van der Waals surface area contributed by atoms with Gasteiger partial charge in [-0.05, 0) is 44.2 Å². The van der Waals surface area contributed by atoms with Crippen molar-refractivity contribution in [3.05, 3.63) is 47.5 Å². The van der Waals surface area contributed by atoms with Crippen molar-refractivity contribution >= 4 is 40.9 Å². The fourth-order valence-electron chi connectivity index (χ4n) is 4.31. The highest BCUT2D eigenvalue weighted by atomic mass is 32.2. The van der Waals surface area contributed by atoms with E-state index in [1.165, 1.54) is 21.1 Å². The van der Waals surface area contributed by atoms with Crippen molar-refractivity contribution in [3.8, 4) is 11.5 Å². The van der Waals surface area contributed by atoms with Crippen molar-refractivity contribution in [2.24, 2.45) is 0 Å². The average molecular weight is 456 g/mol. The predicted octanol–water partition coefficient (Wildman–Crippen LogP) is 3.65. The number of fused-ring (bicyclic) bond motifs is 3. The molecule has 0 bridgehead atoms. The Morgan fingerprint density at radius 1 is 1.00 bits per heavy atom. The molecule has 168 valence electrons. The predicted molar refractivity (Wildman–Crippen MR) is 123 cm³/mol. The van der Waals surface area contributed by atoms with E-state index in [-0.39, 0.29) is 23.1 Å². The summed E-state index contributed by atoms with van der Waals surface area (Å²) in [6.07, 6.45) is 0. The molecule has 0 spiro atoms. The van der Waals surface area contributed by atoms with E-state index in [0.29, 0.717) is 28.4 Å². The smallest absolute Gasteiger partial charge is 0.260 e. The van der Waals surface area contributed by atoms with Crippen LogP contribution in [0.2, 0.25) is 0 Å². The van der Waals surface area contributed by atoms with Crippen LogP contribution in [-0.2, 0) is 9.59 Å². The van der Waals surface area contributed by atoms with Gasteiger partial charge in [-0.3, -0.25) is 14.4 Å². The molecule has 9 heteroatoms. The van der Waals surface area contributed by atoms with E-state index in [9.17, 15) is 14.4 Å². The van der Waals surface area contributed by atoms with Crippen molar-refractivity contribution in [3.63, 3.8) is 0 Å². The Hall–Kier alpha value is -3.20. The minimum Gasteiger partial charge on any atom is -0.493 e. The van der Waals surface area contributed by atoms with Gasteiger partial charge in [-0.2, -0.15) is 0 Å². The van der Waals surface area contributed by atoms with Crippen LogP contribution in [0, 0.1) is 0 Å². The van der Waals surface area contributed by atoms with Crippen LogP contribution in [0.3, 0.4) is 0 Å². The van der Waals surface area contributed by atoms with Gasteiger partial charge in [-0.1, -0.05) is 6.07 Å². The quantitative estimate of drug-likeness (QED) is 0.714. The number of carbonyl (C=O) groups is 3. The summed E-state index contributed by atoms with van der Waals surface area (Å²) in [6, 6.07) is 9.80. The van der Waals surface area contributed by atoms with Crippen LogP contribution in [0.5, 0.6) is 11.5 Å². The first-order chi connectivity index (χ1) is 15.2. The van der Waals surface area contributed by atoms with Gasteiger partial charge in [0.25, 0.3) is 5.91 Å². The number of amides is 3. The van der Waals surface area contributed by atoms with Crippen molar-refractivity contribution in [2.75, 3.05) is 24.9 Å². The maximum absolute atomic E-state index is 13.5. The standard InChI is InChI=1S/C23H25N3O5S/c1-12(27)24-13-6-8-14(9-7-13)25-20(28)19-23(2,3)32-22-15-10-11-16(30-4)18(31-5)17(15)21(29)26(19)22/h6-11,19,22H,1-5H3,(H,24,27)(H,25,28)/t19-,22?/m0/s1. The van der Waals surface area contributed by atoms with Crippen molar-refractivity contribution in [2.45, 2.75) is 36.9 Å². The largest absolute Gasteiger partial charge is 0.493 e. The van der Waals surface area contributed by atoms with Crippen LogP contribution in [0.4, 0.5) is 11.4 Å². The van der Waals surface area contributed by atoms with Gasteiger partial charge in [0, 0.05) is 28.6 Å². The van der Waals surface area contributed by atoms with E-state index in [0.717, 1.165) is 5.56 Å². The molecule has 2 aliphatic rings. The number of rotatable bonds is 5. The maximum Gasteiger partial charge on any atom is 0.260 e. The number of nitrogens with zero attached hydrogens (tertiary/aromatic N) is 1. The van der Waals surface area contributed by atoms with E-state index >= 15 is 0 Å². The molecule has 0 saturated carbocycles.